The molecule has 0 spiro atoms. The summed E-state index contributed by atoms with van der Waals surface area (Å²) in [6.07, 6.45) is 0.713. The number of piperazine rings is 1. The number of hydrogen-bond acceptors (Lipinski definition) is 6. The van der Waals surface area contributed by atoms with Crippen molar-refractivity contribution in [1.82, 2.24) is 20.1 Å². The third kappa shape index (κ3) is 7.28. The Balaban J connectivity index is 1.12. The van der Waals surface area contributed by atoms with Crippen LogP contribution < -0.4 is 10.6 Å². The second kappa shape index (κ2) is 12.6. The molecule has 1 aliphatic rings. The number of aromatic nitrogens is 1. The van der Waals surface area contributed by atoms with Gasteiger partial charge in [-0.05, 0) is 41.8 Å². The van der Waals surface area contributed by atoms with Gasteiger partial charge in [-0.15, -0.1) is 11.3 Å². The largest absolute Gasteiger partial charge is 0.348 e. The highest BCUT2D eigenvalue weighted by atomic mass is 32.1. The van der Waals surface area contributed by atoms with Gasteiger partial charge in [0.15, 0.2) is 5.13 Å². The van der Waals surface area contributed by atoms with Gasteiger partial charge in [-0.3, -0.25) is 14.5 Å². The normalized spacial score (nSPS) is 14.5. The Morgan fingerprint density at radius 3 is 2.26 bits per heavy atom. The van der Waals surface area contributed by atoms with Crippen LogP contribution in [0.5, 0.6) is 0 Å². The lowest BCUT2D eigenvalue weighted by atomic mass is 9.99. The fourth-order valence-corrected chi connectivity index (χ4v) is 5.29. The smallest absolute Gasteiger partial charge is 0.273 e. The summed E-state index contributed by atoms with van der Waals surface area (Å²) in [4.78, 5) is 34.3. The van der Waals surface area contributed by atoms with Gasteiger partial charge in [0.1, 0.15) is 11.5 Å². The molecule has 1 saturated heterocycles. The third-order valence-electron chi connectivity index (χ3n) is 6.67. The number of rotatable bonds is 9. The van der Waals surface area contributed by atoms with Crippen molar-refractivity contribution in [2.45, 2.75) is 12.5 Å². The van der Waals surface area contributed by atoms with Crippen LogP contribution >= 0.6 is 11.3 Å². The Morgan fingerprint density at radius 1 is 0.897 bits per heavy atom. The monoisotopic (exact) mass is 543 g/mol. The number of carbonyl (C=O) groups is 2. The van der Waals surface area contributed by atoms with Crippen LogP contribution in [0.25, 0.3) is 0 Å². The molecule has 2 heterocycles. The van der Waals surface area contributed by atoms with E-state index in [9.17, 15) is 14.0 Å². The number of hydrogen-bond donors (Lipinski definition) is 2. The number of nitrogens with zero attached hydrogens (tertiary/aromatic N) is 3. The fraction of sp³-hybridized carbons (Fsp3) is 0.233. The lowest BCUT2D eigenvalue weighted by molar-refractivity contribution is -0.123. The number of halogens is 1. The molecule has 2 N–H and O–H groups in total. The van der Waals surface area contributed by atoms with Gasteiger partial charge < -0.3 is 15.5 Å². The number of carbonyl (C=O) groups excluding carboxylic acids is 2. The van der Waals surface area contributed by atoms with E-state index in [0.29, 0.717) is 49.1 Å². The molecule has 1 aromatic heterocycles. The highest BCUT2D eigenvalue weighted by Gasteiger charge is 2.25. The van der Waals surface area contributed by atoms with Crippen LogP contribution in [0.3, 0.4) is 0 Å². The van der Waals surface area contributed by atoms with Crippen molar-refractivity contribution < 1.29 is 14.0 Å². The molecule has 5 rings (SSSR count). The van der Waals surface area contributed by atoms with E-state index in [0.717, 1.165) is 11.1 Å². The summed E-state index contributed by atoms with van der Waals surface area (Å²) in [6.45, 7) is 2.55. The molecule has 9 heteroatoms. The van der Waals surface area contributed by atoms with Gasteiger partial charge in [-0.25, -0.2) is 9.37 Å². The Morgan fingerprint density at radius 2 is 1.56 bits per heavy atom. The molecule has 39 heavy (non-hydrogen) atoms. The molecule has 1 atom stereocenters. The minimum Gasteiger partial charge on any atom is -0.348 e. The summed E-state index contributed by atoms with van der Waals surface area (Å²) in [5.41, 5.74) is 3.32. The molecular weight excluding hydrogens is 513 g/mol. The molecule has 2 amide bonds. The van der Waals surface area contributed by atoms with Gasteiger partial charge in [-0.2, -0.15) is 0 Å². The molecule has 3 aromatic carbocycles. The van der Waals surface area contributed by atoms with Gasteiger partial charge in [0.05, 0.1) is 12.6 Å². The van der Waals surface area contributed by atoms with Crippen molar-refractivity contribution in [1.29, 1.82) is 0 Å². The van der Waals surface area contributed by atoms with Crippen molar-refractivity contribution in [3.05, 3.63) is 113 Å². The van der Waals surface area contributed by atoms with Crippen molar-refractivity contribution in [2.24, 2.45) is 0 Å². The van der Waals surface area contributed by atoms with Crippen molar-refractivity contribution in [3.63, 3.8) is 0 Å². The fourth-order valence-electron chi connectivity index (χ4n) is 4.59. The standard InChI is InChI=1S/C30H30FN5O2S/c31-24-11-13-25(14-12-24)32-30-34-27(21-39-30)29(38)36-17-15-35(16-18-36)20-28(37)33-26(23-9-5-2-6-10-23)19-22-7-3-1-4-8-22/h1-14,21,26H,15-20H2,(H,32,34)(H,33,37)/t26-/m1/s1. The summed E-state index contributed by atoms with van der Waals surface area (Å²) in [7, 11) is 0. The lowest BCUT2D eigenvalue weighted by Crippen LogP contribution is -2.51. The Kier molecular flexibility index (Phi) is 8.60. The van der Waals surface area contributed by atoms with Gasteiger partial charge in [-0.1, -0.05) is 60.7 Å². The van der Waals surface area contributed by atoms with E-state index in [1.807, 2.05) is 48.5 Å². The van der Waals surface area contributed by atoms with Gasteiger partial charge in [0, 0.05) is 37.2 Å². The van der Waals surface area contributed by atoms with Gasteiger partial charge in [0.2, 0.25) is 5.91 Å². The van der Waals surface area contributed by atoms with Crippen LogP contribution in [-0.4, -0.2) is 59.3 Å². The summed E-state index contributed by atoms with van der Waals surface area (Å²) < 4.78 is 13.1. The first-order valence-electron chi connectivity index (χ1n) is 12.9. The average Bonchev–Trinajstić information content (AvgIpc) is 3.43. The maximum absolute atomic E-state index is 13.1. The van der Waals surface area contributed by atoms with E-state index in [-0.39, 0.29) is 30.2 Å². The van der Waals surface area contributed by atoms with Crippen LogP contribution in [0.4, 0.5) is 15.2 Å². The molecule has 0 aliphatic carbocycles. The number of anilines is 2. The second-order valence-electron chi connectivity index (χ2n) is 9.46. The van der Waals surface area contributed by atoms with Crippen molar-refractivity contribution >= 4 is 34.0 Å². The lowest BCUT2D eigenvalue weighted by Gasteiger charge is -2.34. The molecule has 0 saturated carbocycles. The second-order valence-corrected chi connectivity index (χ2v) is 10.3. The van der Waals surface area contributed by atoms with E-state index in [4.69, 9.17) is 0 Å². The molecule has 7 nitrogen and oxygen atoms in total. The van der Waals surface area contributed by atoms with Crippen LogP contribution in [-0.2, 0) is 11.2 Å². The minimum atomic E-state index is -0.310. The molecular formula is C30H30FN5O2S. The van der Waals surface area contributed by atoms with E-state index in [1.165, 1.54) is 23.5 Å². The molecule has 0 radical (unpaired) electrons. The predicted octanol–water partition coefficient (Wildman–Crippen LogP) is 4.88. The SMILES string of the molecule is O=C(CN1CCN(C(=O)c2csc(Nc3ccc(F)cc3)n2)CC1)N[C@H](Cc1ccccc1)c1ccccc1. The summed E-state index contributed by atoms with van der Waals surface area (Å²) >= 11 is 1.33. The molecule has 0 bridgehead atoms. The van der Waals surface area contributed by atoms with Crippen LogP contribution in [0.1, 0.15) is 27.7 Å². The van der Waals surface area contributed by atoms with E-state index in [2.05, 4.69) is 32.7 Å². The Hall–Kier alpha value is -4.08. The molecule has 4 aromatic rings. The van der Waals surface area contributed by atoms with Crippen molar-refractivity contribution in [3.8, 4) is 0 Å². The maximum Gasteiger partial charge on any atom is 0.273 e. The third-order valence-corrected chi connectivity index (χ3v) is 7.42. The van der Waals surface area contributed by atoms with E-state index in [1.54, 1.807) is 22.4 Å². The summed E-state index contributed by atoms with van der Waals surface area (Å²) in [5, 5.41) is 8.61. The summed E-state index contributed by atoms with van der Waals surface area (Å²) in [5.74, 6) is -0.472. The van der Waals surface area contributed by atoms with Crippen LogP contribution in [0, 0.1) is 5.82 Å². The average molecular weight is 544 g/mol. The first kappa shape index (κ1) is 26.5. The first-order chi connectivity index (χ1) is 19.0. The quantitative estimate of drug-likeness (QED) is 0.315. The number of thiazole rings is 1. The minimum absolute atomic E-state index is 0.0319. The van der Waals surface area contributed by atoms with Crippen molar-refractivity contribution in [2.75, 3.05) is 38.0 Å². The highest BCUT2D eigenvalue weighted by Crippen LogP contribution is 2.23. The molecule has 1 aliphatic heterocycles. The topological polar surface area (TPSA) is 77.6 Å². The van der Waals surface area contributed by atoms with E-state index >= 15 is 0 Å². The first-order valence-corrected chi connectivity index (χ1v) is 13.8. The highest BCUT2D eigenvalue weighted by molar-refractivity contribution is 7.14. The number of nitrogens with one attached hydrogen (secondary N) is 2. The van der Waals surface area contributed by atoms with Gasteiger partial charge in [0.25, 0.3) is 5.91 Å². The Bertz CT molecular complexity index is 1370. The van der Waals surface area contributed by atoms with Crippen LogP contribution in [0.2, 0.25) is 0 Å². The zero-order valence-electron chi connectivity index (χ0n) is 21.4. The van der Waals surface area contributed by atoms with Gasteiger partial charge >= 0.3 is 0 Å². The van der Waals surface area contributed by atoms with E-state index < -0.39 is 0 Å². The molecule has 200 valence electrons. The number of amides is 2. The van der Waals surface area contributed by atoms with Crippen LogP contribution in [0.15, 0.2) is 90.3 Å². The Labute approximate surface area is 231 Å². The molecule has 0 unspecified atom stereocenters. The molecule has 1 fully saturated rings. The predicted molar refractivity (Wildman–Crippen MR) is 152 cm³/mol. The summed E-state index contributed by atoms with van der Waals surface area (Å²) in [6, 6.07) is 26.0. The number of benzene rings is 3. The maximum atomic E-state index is 13.1. The zero-order valence-corrected chi connectivity index (χ0v) is 22.2. The zero-order chi connectivity index (χ0) is 27.0.